The number of benzene rings is 2. The summed E-state index contributed by atoms with van der Waals surface area (Å²) < 4.78 is 13.2. The number of nitrogens with one attached hydrogen (secondary N) is 2. The molecule has 2 N–H and O–H groups in total. The molecule has 2 heterocycles. The third kappa shape index (κ3) is 4.12. The van der Waals surface area contributed by atoms with E-state index in [2.05, 4.69) is 10.3 Å². The van der Waals surface area contributed by atoms with Crippen LogP contribution in [0.5, 0.6) is 11.5 Å². The summed E-state index contributed by atoms with van der Waals surface area (Å²) in [7, 11) is 4.80. The van der Waals surface area contributed by atoms with Gasteiger partial charge in [-0.15, -0.1) is 0 Å². The summed E-state index contributed by atoms with van der Waals surface area (Å²) in [6.45, 7) is 0.357. The van der Waals surface area contributed by atoms with Crippen molar-refractivity contribution in [1.82, 2.24) is 19.4 Å². The number of para-hydroxylation sites is 1. The minimum absolute atomic E-state index is 0.211. The van der Waals surface area contributed by atoms with E-state index in [0.717, 1.165) is 10.1 Å². The van der Waals surface area contributed by atoms with E-state index in [1.165, 1.54) is 0 Å². The quantitative estimate of drug-likeness (QED) is 0.450. The number of aromatic amines is 1. The van der Waals surface area contributed by atoms with Crippen molar-refractivity contribution in [3.63, 3.8) is 0 Å². The number of aromatic nitrogens is 3. The normalized spacial score (nSPS) is 10.9. The molecule has 9 heteroatoms. The Balaban J connectivity index is 1.58. The number of hydrogen-bond acceptors (Lipinski definition) is 5. The number of nitrogens with zero attached hydrogens (tertiary/aromatic N) is 2. The third-order valence-electron chi connectivity index (χ3n) is 5.43. The van der Waals surface area contributed by atoms with Crippen LogP contribution in [0.1, 0.15) is 15.9 Å². The number of fused-ring (bicyclic) bond motifs is 1. The lowest BCUT2D eigenvalue weighted by molar-refractivity contribution is 0.0955. The first kappa shape index (κ1) is 21.9. The van der Waals surface area contributed by atoms with Gasteiger partial charge in [-0.2, -0.15) is 0 Å². The highest BCUT2D eigenvalue weighted by atomic mass is 16.5. The molecule has 0 unspecified atom stereocenters. The predicted molar refractivity (Wildman–Crippen MR) is 125 cm³/mol. The minimum atomic E-state index is -0.607. The van der Waals surface area contributed by atoms with Gasteiger partial charge in [-0.3, -0.25) is 9.59 Å². The van der Waals surface area contributed by atoms with Crippen LogP contribution < -0.4 is 26.0 Å². The summed E-state index contributed by atoms with van der Waals surface area (Å²) in [5.74, 6) is 0.863. The van der Waals surface area contributed by atoms with Gasteiger partial charge in [-0.1, -0.05) is 24.3 Å². The molecule has 0 saturated carbocycles. The molecule has 0 aliphatic carbocycles. The standard InChI is InChI=1S/C24H24N4O5/c1-27-14-17(22(29)25-12-11-15-9-10-18(32-2)19(13-15)33-3)20-21(27)23(30)28(24(31)26-20)16-7-5-4-6-8-16/h4-10,13-14H,11-12H2,1-3H3,(H,25,29)(H,26,31). The molecule has 0 saturated heterocycles. The summed E-state index contributed by atoms with van der Waals surface area (Å²) in [5, 5.41) is 2.85. The Kier molecular flexibility index (Phi) is 6.03. The molecule has 0 spiro atoms. The van der Waals surface area contributed by atoms with Crippen molar-refractivity contribution in [3.05, 3.63) is 86.7 Å². The Hall–Kier alpha value is -4.27. The van der Waals surface area contributed by atoms with Gasteiger partial charge in [-0.25, -0.2) is 9.36 Å². The van der Waals surface area contributed by atoms with E-state index in [4.69, 9.17) is 9.47 Å². The number of amides is 1. The molecule has 0 aliphatic heterocycles. The van der Waals surface area contributed by atoms with Crippen molar-refractivity contribution in [3.8, 4) is 17.2 Å². The average Bonchev–Trinajstić information content (AvgIpc) is 3.15. The van der Waals surface area contributed by atoms with Gasteiger partial charge in [0.05, 0.1) is 31.0 Å². The third-order valence-corrected chi connectivity index (χ3v) is 5.43. The van der Waals surface area contributed by atoms with Crippen LogP contribution in [0.3, 0.4) is 0 Å². The second-order valence-electron chi connectivity index (χ2n) is 7.48. The maximum atomic E-state index is 13.1. The zero-order valence-electron chi connectivity index (χ0n) is 18.5. The fourth-order valence-corrected chi connectivity index (χ4v) is 3.81. The van der Waals surface area contributed by atoms with Crippen LogP contribution in [0.15, 0.2) is 64.3 Å². The molecule has 0 atom stereocenters. The van der Waals surface area contributed by atoms with Gasteiger partial charge in [0.1, 0.15) is 5.52 Å². The molecule has 2 aromatic heterocycles. The maximum Gasteiger partial charge on any atom is 0.333 e. The highest BCUT2D eigenvalue weighted by molar-refractivity contribution is 6.05. The Labute approximate surface area is 189 Å². The Morgan fingerprint density at radius 3 is 2.45 bits per heavy atom. The Morgan fingerprint density at radius 1 is 1.03 bits per heavy atom. The first-order valence-corrected chi connectivity index (χ1v) is 10.3. The van der Waals surface area contributed by atoms with E-state index < -0.39 is 11.2 Å². The topological polar surface area (TPSA) is 107 Å². The number of rotatable bonds is 7. The number of carbonyl (C=O) groups excluding carboxylic acids is 1. The molecular weight excluding hydrogens is 424 g/mol. The van der Waals surface area contributed by atoms with Crippen molar-refractivity contribution in [2.24, 2.45) is 7.05 Å². The van der Waals surface area contributed by atoms with Gasteiger partial charge in [0.2, 0.25) is 0 Å². The van der Waals surface area contributed by atoms with Crippen LogP contribution in [0.2, 0.25) is 0 Å². The molecule has 170 valence electrons. The van der Waals surface area contributed by atoms with Gasteiger partial charge in [0, 0.05) is 19.8 Å². The van der Waals surface area contributed by atoms with Crippen LogP contribution in [0.4, 0.5) is 0 Å². The fraction of sp³-hybridized carbons (Fsp3) is 0.208. The minimum Gasteiger partial charge on any atom is -0.493 e. The second-order valence-corrected chi connectivity index (χ2v) is 7.48. The average molecular weight is 448 g/mol. The largest absolute Gasteiger partial charge is 0.493 e. The van der Waals surface area contributed by atoms with Gasteiger partial charge in [0.25, 0.3) is 11.5 Å². The fourth-order valence-electron chi connectivity index (χ4n) is 3.81. The van der Waals surface area contributed by atoms with E-state index in [-0.39, 0.29) is 22.5 Å². The van der Waals surface area contributed by atoms with Crippen molar-refractivity contribution in [2.75, 3.05) is 20.8 Å². The molecule has 4 rings (SSSR count). The summed E-state index contributed by atoms with van der Waals surface area (Å²) in [4.78, 5) is 41.3. The van der Waals surface area contributed by atoms with Crippen molar-refractivity contribution >= 4 is 16.9 Å². The second kappa shape index (κ2) is 9.07. The first-order valence-electron chi connectivity index (χ1n) is 10.3. The van der Waals surface area contributed by atoms with E-state index in [1.807, 2.05) is 18.2 Å². The Bertz CT molecular complexity index is 1430. The van der Waals surface area contributed by atoms with Crippen LogP contribution >= 0.6 is 0 Å². The number of H-pyrrole nitrogens is 1. The molecule has 2 aromatic carbocycles. The molecule has 0 radical (unpaired) electrons. The molecule has 33 heavy (non-hydrogen) atoms. The smallest absolute Gasteiger partial charge is 0.333 e. The van der Waals surface area contributed by atoms with Crippen LogP contribution in [-0.4, -0.2) is 40.8 Å². The van der Waals surface area contributed by atoms with E-state index in [0.29, 0.717) is 30.2 Å². The van der Waals surface area contributed by atoms with Crippen molar-refractivity contribution in [1.29, 1.82) is 0 Å². The first-order chi connectivity index (χ1) is 15.9. The summed E-state index contributed by atoms with van der Waals surface area (Å²) in [6, 6.07) is 14.2. The molecule has 9 nitrogen and oxygen atoms in total. The van der Waals surface area contributed by atoms with Gasteiger partial charge >= 0.3 is 5.69 Å². The predicted octanol–water partition coefficient (Wildman–Crippen LogP) is 2.01. The van der Waals surface area contributed by atoms with Crippen LogP contribution in [0, 0.1) is 0 Å². The number of hydrogen-bond donors (Lipinski definition) is 2. The highest BCUT2D eigenvalue weighted by Crippen LogP contribution is 2.27. The number of methoxy groups -OCH3 is 2. The van der Waals surface area contributed by atoms with Gasteiger partial charge in [-0.05, 0) is 36.2 Å². The number of ether oxygens (including phenoxy) is 2. The summed E-state index contributed by atoms with van der Waals surface area (Å²) >= 11 is 0. The van der Waals surface area contributed by atoms with Crippen LogP contribution in [-0.2, 0) is 13.5 Å². The van der Waals surface area contributed by atoms with Crippen molar-refractivity contribution in [2.45, 2.75) is 6.42 Å². The van der Waals surface area contributed by atoms with Gasteiger partial charge < -0.3 is 24.3 Å². The molecule has 0 fully saturated rings. The van der Waals surface area contributed by atoms with E-state index in [9.17, 15) is 14.4 Å². The Morgan fingerprint density at radius 2 is 1.76 bits per heavy atom. The number of aryl methyl sites for hydroxylation is 1. The lowest BCUT2D eigenvalue weighted by Gasteiger charge is -2.10. The molecule has 0 bridgehead atoms. The van der Waals surface area contributed by atoms with Crippen LogP contribution in [0.25, 0.3) is 16.7 Å². The monoisotopic (exact) mass is 448 g/mol. The summed E-state index contributed by atoms with van der Waals surface area (Å²) in [5.41, 5.74) is 0.995. The lowest BCUT2D eigenvalue weighted by atomic mass is 10.1. The SMILES string of the molecule is COc1ccc(CCNC(=O)c2cn(C)c3c(=O)n(-c4ccccc4)c(=O)[nH]c23)cc1OC. The number of carbonyl (C=O) groups is 1. The highest BCUT2D eigenvalue weighted by Gasteiger charge is 2.20. The zero-order chi connectivity index (χ0) is 23.5. The van der Waals surface area contributed by atoms with Crippen molar-refractivity contribution < 1.29 is 14.3 Å². The zero-order valence-corrected chi connectivity index (χ0v) is 18.5. The molecule has 0 aliphatic rings. The summed E-state index contributed by atoms with van der Waals surface area (Å²) in [6.07, 6.45) is 2.11. The van der Waals surface area contributed by atoms with E-state index >= 15 is 0 Å². The van der Waals surface area contributed by atoms with Gasteiger partial charge in [0.15, 0.2) is 11.5 Å². The molecular formula is C24H24N4O5. The maximum absolute atomic E-state index is 13.1. The van der Waals surface area contributed by atoms with E-state index in [1.54, 1.807) is 62.4 Å². The molecule has 1 amide bonds. The lowest BCUT2D eigenvalue weighted by Crippen LogP contribution is -2.34. The molecule has 4 aromatic rings.